The second kappa shape index (κ2) is 8.71. The number of likely N-dealkylation sites (N-methyl/N-ethyl adjacent to an activating group) is 1. The van der Waals surface area contributed by atoms with Crippen LogP contribution in [0.1, 0.15) is 20.3 Å². The van der Waals surface area contributed by atoms with Crippen molar-refractivity contribution in [3.05, 3.63) is 0 Å². The third kappa shape index (κ3) is 7.63. The highest BCUT2D eigenvalue weighted by molar-refractivity contribution is 5.82. The molecule has 2 atom stereocenters. The molecule has 0 aliphatic rings. The molecule has 0 aliphatic heterocycles. The maximum Gasteiger partial charge on any atom is 0.326 e. The zero-order chi connectivity index (χ0) is 15.0. The number of hydrogen-bond acceptors (Lipinski definition) is 4. The van der Waals surface area contributed by atoms with Crippen LogP contribution in [0.2, 0.25) is 0 Å². The normalized spacial score (nSPS) is 14.3. The number of carboxylic acids is 1. The lowest BCUT2D eigenvalue weighted by atomic mass is 10.0. The maximum atomic E-state index is 11.7. The Morgan fingerprint density at radius 2 is 1.79 bits per heavy atom. The predicted octanol–water partition coefficient (Wildman–Crippen LogP) is -0.293. The number of aliphatic hydroxyl groups is 1. The molecule has 0 saturated carbocycles. The van der Waals surface area contributed by atoms with Gasteiger partial charge in [-0.05, 0) is 20.0 Å². The van der Waals surface area contributed by atoms with Crippen molar-refractivity contribution in [2.75, 3.05) is 27.2 Å². The highest BCUT2D eigenvalue weighted by Gasteiger charge is 2.22. The first-order valence-corrected chi connectivity index (χ1v) is 6.33. The summed E-state index contributed by atoms with van der Waals surface area (Å²) in [4.78, 5) is 24.6. The summed E-state index contributed by atoms with van der Waals surface area (Å²) in [5, 5.41) is 22.7. The Labute approximate surface area is 114 Å². The lowest BCUT2D eigenvalue weighted by Gasteiger charge is -2.26. The molecule has 0 rings (SSSR count). The van der Waals surface area contributed by atoms with Gasteiger partial charge in [0.05, 0.1) is 0 Å². The molecule has 0 saturated heterocycles. The molecule has 0 aromatic heterocycles. The number of carbonyl (C=O) groups excluding carboxylic acids is 1. The number of rotatable bonds is 8. The van der Waals surface area contributed by atoms with Crippen molar-refractivity contribution in [1.29, 1.82) is 0 Å². The fourth-order valence-corrected chi connectivity index (χ4v) is 1.57. The SMILES string of the molecule is CC(C)C(CN(C)C)NC(=O)N[C@@H](CCO)C(=O)O. The van der Waals surface area contributed by atoms with Crippen LogP contribution in [0.25, 0.3) is 0 Å². The van der Waals surface area contributed by atoms with Gasteiger partial charge in [0.2, 0.25) is 0 Å². The van der Waals surface area contributed by atoms with Crippen LogP contribution in [0.5, 0.6) is 0 Å². The predicted molar refractivity (Wildman–Crippen MR) is 72.0 cm³/mol. The molecule has 0 heterocycles. The number of carboxylic acid groups (broad SMARTS) is 1. The molecule has 7 heteroatoms. The average Bonchev–Trinajstić information content (AvgIpc) is 2.26. The topological polar surface area (TPSA) is 102 Å². The first kappa shape index (κ1) is 17.7. The van der Waals surface area contributed by atoms with Gasteiger partial charge in [-0.15, -0.1) is 0 Å². The zero-order valence-electron chi connectivity index (χ0n) is 12.0. The molecule has 0 radical (unpaired) electrons. The van der Waals surface area contributed by atoms with Crippen LogP contribution in [0, 0.1) is 5.92 Å². The fraction of sp³-hybridized carbons (Fsp3) is 0.833. The smallest absolute Gasteiger partial charge is 0.326 e. The minimum absolute atomic E-state index is 0.0111. The fourth-order valence-electron chi connectivity index (χ4n) is 1.57. The van der Waals surface area contributed by atoms with Gasteiger partial charge in [0.15, 0.2) is 0 Å². The molecule has 112 valence electrons. The van der Waals surface area contributed by atoms with Gasteiger partial charge in [0.25, 0.3) is 0 Å². The van der Waals surface area contributed by atoms with Crippen molar-refractivity contribution in [2.24, 2.45) is 5.92 Å². The summed E-state index contributed by atoms with van der Waals surface area (Å²) in [6, 6.07) is -1.67. The summed E-state index contributed by atoms with van der Waals surface area (Å²) in [6.45, 7) is 4.35. The van der Waals surface area contributed by atoms with Crippen LogP contribution in [-0.4, -0.2) is 66.4 Å². The zero-order valence-corrected chi connectivity index (χ0v) is 12.0. The van der Waals surface area contributed by atoms with E-state index in [0.717, 1.165) is 0 Å². The summed E-state index contributed by atoms with van der Waals surface area (Å²) >= 11 is 0. The second-order valence-electron chi connectivity index (χ2n) is 5.13. The van der Waals surface area contributed by atoms with E-state index in [-0.39, 0.29) is 25.0 Å². The summed E-state index contributed by atoms with van der Waals surface area (Å²) in [7, 11) is 3.81. The number of nitrogens with one attached hydrogen (secondary N) is 2. The van der Waals surface area contributed by atoms with E-state index in [9.17, 15) is 9.59 Å². The van der Waals surface area contributed by atoms with E-state index >= 15 is 0 Å². The molecule has 19 heavy (non-hydrogen) atoms. The molecule has 2 amide bonds. The van der Waals surface area contributed by atoms with E-state index in [1.807, 2.05) is 32.8 Å². The molecule has 0 spiro atoms. The number of urea groups is 1. The van der Waals surface area contributed by atoms with Crippen LogP contribution < -0.4 is 10.6 Å². The van der Waals surface area contributed by atoms with E-state index in [2.05, 4.69) is 10.6 Å². The molecular weight excluding hydrogens is 250 g/mol. The molecule has 7 nitrogen and oxygen atoms in total. The van der Waals surface area contributed by atoms with E-state index in [1.54, 1.807) is 0 Å². The maximum absolute atomic E-state index is 11.7. The van der Waals surface area contributed by atoms with Crippen LogP contribution >= 0.6 is 0 Å². The van der Waals surface area contributed by atoms with Crippen LogP contribution in [0.15, 0.2) is 0 Å². The molecule has 4 N–H and O–H groups in total. The van der Waals surface area contributed by atoms with Crippen LogP contribution in [-0.2, 0) is 4.79 Å². The van der Waals surface area contributed by atoms with Crippen molar-refractivity contribution >= 4 is 12.0 Å². The lowest BCUT2D eigenvalue weighted by Crippen LogP contribution is -2.52. The highest BCUT2D eigenvalue weighted by atomic mass is 16.4. The molecule has 0 aromatic carbocycles. The van der Waals surface area contributed by atoms with Crippen LogP contribution in [0.3, 0.4) is 0 Å². The summed E-state index contributed by atoms with van der Waals surface area (Å²) < 4.78 is 0. The Kier molecular flexibility index (Phi) is 8.09. The Morgan fingerprint density at radius 1 is 1.21 bits per heavy atom. The Morgan fingerprint density at radius 3 is 2.16 bits per heavy atom. The average molecular weight is 275 g/mol. The largest absolute Gasteiger partial charge is 0.480 e. The van der Waals surface area contributed by atoms with Crippen molar-refractivity contribution < 1.29 is 19.8 Å². The first-order chi connectivity index (χ1) is 8.77. The molecule has 0 aromatic rings. The van der Waals surface area contributed by atoms with E-state index in [0.29, 0.717) is 6.54 Å². The highest BCUT2D eigenvalue weighted by Crippen LogP contribution is 2.02. The number of aliphatic carboxylic acids is 1. The second-order valence-corrected chi connectivity index (χ2v) is 5.13. The summed E-state index contributed by atoms with van der Waals surface area (Å²) in [5.74, 6) is -0.924. The van der Waals surface area contributed by atoms with Gasteiger partial charge < -0.3 is 25.7 Å². The monoisotopic (exact) mass is 275 g/mol. The molecule has 0 bridgehead atoms. The van der Waals surface area contributed by atoms with Gasteiger partial charge in [-0.2, -0.15) is 0 Å². The molecule has 1 unspecified atom stereocenters. The number of carbonyl (C=O) groups is 2. The van der Waals surface area contributed by atoms with Gasteiger partial charge in [-0.1, -0.05) is 13.8 Å². The third-order valence-electron chi connectivity index (χ3n) is 2.70. The first-order valence-electron chi connectivity index (χ1n) is 6.33. The van der Waals surface area contributed by atoms with Gasteiger partial charge in [0.1, 0.15) is 6.04 Å². The van der Waals surface area contributed by atoms with E-state index in [1.165, 1.54) is 0 Å². The molecular formula is C12H25N3O4. The Hall–Kier alpha value is -1.34. The van der Waals surface area contributed by atoms with Crippen molar-refractivity contribution in [1.82, 2.24) is 15.5 Å². The number of aliphatic hydroxyl groups excluding tert-OH is 1. The number of nitrogens with zero attached hydrogens (tertiary/aromatic N) is 1. The molecule has 0 aliphatic carbocycles. The van der Waals surface area contributed by atoms with Crippen molar-refractivity contribution in [3.8, 4) is 0 Å². The minimum Gasteiger partial charge on any atom is -0.480 e. The molecule has 0 fully saturated rings. The van der Waals surface area contributed by atoms with Gasteiger partial charge >= 0.3 is 12.0 Å². The third-order valence-corrected chi connectivity index (χ3v) is 2.70. The summed E-state index contributed by atoms with van der Waals surface area (Å²) in [6.07, 6.45) is -0.0111. The lowest BCUT2D eigenvalue weighted by molar-refractivity contribution is -0.139. The quantitative estimate of drug-likeness (QED) is 0.487. The van der Waals surface area contributed by atoms with Gasteiger partial charge in [-0.3, -0.25) is 0 Å². The van der Waals surface area contributed by atoms with Gasteiger partial charge in [-0.25, -0.2) is 9.59 Å². The van der Waals surface area contributed by atoms with Crippen molar-refractivity contribution in [2.45, 2.75) is 32.4 Å². The van der Waals surface area contributed by atoms with Crippen LogP contribution in [0.4, 0.5) is 4.79 Å². The Balaban J connectivity index is 4.42. The van der Waals surface area contributed by atoms with Gasteiger partial charge in [0, 0.05) is 25.6 Å². The number of amides is 2. The number of hydrogen-bond donors (Lipinski definition) is 4. The van der Waals surface area contributed by atoms with E-state index in [4.69, 9.17) is 10.2 Å². The summed E-state index contributed by atoms with van der Waals surface area (Å²) in [5.41, 5.74) is 0. The minimum atomic E-state index is -1.15. The van der Waals surface area contributed by atoms with E-state index < -0.39 is 18.0 Å². The standard InChI is InChI=1S/C12H25N3O4/c1-8(2)10(7-15(3)4)14-12(19)13-9(5-6-16)11(17)18/h8-10,16H,5-7H2,1-4H3,(H,17,18)(H2,13,14,19)/t9-,10?/m0/s1. The van der Waals surface area contributed by atoms with Crippen molar-refractivity contribution in [3.63, 3.8) is 0 Å². The Bertz CT molecular complexity index is 295.